The van der Waals surface area contributed by atoms with Gasteiger partial charge in [-0.25, -0.2) is 12.8 Å². The first-order valence-electron chi connectivity index (χ1n) is 8.28. The Kier molecular flexibility index (Phi) is 4.47. The van der Waals surface area contributed by atoms with Crippen molar-refractivity contribution in [2.45, 2.75) is 4.90 Å². The van der Waals surface area contributed by atoms with Gasteiger partial charge in [0.2, 0.25) is 0 Å². The number of anilines is 2. The Hall–Kier alpha value is -2.71. The quantitative estimate of drug-likeness (QED) is 0.605. The molecule has 0 aromatic heterocycles. The highest BCUT2D eigenvalue weighted by atomic mass is 79.9. The standard InChI is InChI=1S/C20H14BrFN2O3S/c1-24-18-9-6-12(20(25)23-17-8-7-13(21)11-16(17)22)10-15(18)14-4-2-3-5-19(14)28(24,26)27/h2-11H,1H3,(H,23,25). The number of nitrogens with one attached hydrogen (secondary N) is 1. The van der Waals surface area contributed by atoms with Crippen molar-refractivity contribution in [1.29, 1.82) is 0 Å². The maximum Gasteiger partial charge on any atom is 0.264 e. The molecule has 8 heteroatoms. The first-order chi connectivity index (χ1) is 13.3. The zero-order valence-corrected chi connectivity index (χ0v) is 17.0. The average molecular weight is 461 g/mol. The summed E-state index contributed by atoms with van der Waals surface area (Å²) in [5.74, 6) is -1.05. The zero-order chi connectivity index (χ0) is 20.1. The van der Waals surface area contributed by atoms with E-state index in [0.29, 0.717) is 26.9 Å². The summed E-state index contributed by atoms with van der Waals surface area (Å²) in [5.41, 5.74) is 1.98. The van der Waals surface area contributed by atoms with Crippen LogP contribution in [-0.4, -0.2) is 21.4 Å². The SMILES string of the molecule is CN1c2ccc(C(=O)Nc3ccc(Br)cc3F)cc2-c2ccccc2S1(=O)=O. The van der Waals surface area contributed by atoms with E-state index in [2.05, 4.69) is 21.2 Å². The molecular formula is C20H14BrFN2O3S. The van der Waals surface area contributed by atoms with Crippen molar-refractivity contribution < 1.29 is 17.6 Å². The van der Waals surface area contributed by atoms with Gasteiger partial charge in [-0.3, -0.25) is 9.10 Å². The molecule has 3 aromatic rings. The molecule has 1 aliphatic heterocycles. The van der Waals surface area contributed by atoms with Crippen molar-refractivity contribution in [3.8, 4) is 11.1 Å². The monoisotopic (exact) mass is 460 g/mol. The molecule has 5 nitrogen and oxygen atoms in total. The Morgan fingerprint density at radius 3 is 2.54 bits per heavy atom. The van der Waals surface area contributed by atoms with Crippen molar-refractivity contribution in [2.24, 2.45) is 0 Å². The van der Waals surface area contributed by atoms with Crippen LogP contribution >= 0.6 is 15.9 Å². The van der Waals surface area contributed by atoms with Gasteiger partial charge >= 0.3 is 0 Å². The maximum absolute atomic E-state index is 14.0. The van der Waals surface area contributed by atoms with Crippen LogP contribution in [0.1, 0.15) is 10.4 Å². The third kappa shape index (κ3) is 2.98. The number of rotatable bonds is 2. The van der Waals surface area contributed by atoms with Gasteiger partial charge in [0.25, 0.3) is 15.9 Å². The molecule has 0 radical (unpaired) electrons. The molecule has 142 valence electrons. The van der Waals surface area contributed by atoms with Crippen molar-refractivity contribution in [3.63, 3.8) is 0 Å². The molecule has 0 saturated heterocycles. The Balaban J connectivity index is 1.77. The second-order valence-electron chi connectivity index (χ2n) is 6.28. The molecule has 4 rings (SSSR count). The minimum atomic E-state index is -3.65. The molecule has 0 atom stereocenters. The molecule has 28 heavy (non-hydrogen) atoms. The van der Waals surface area contributed by atoms with Gasteiger partial charge in [0.1, 0.15) is 5.82 Å². The van der Waals surface area contributed by atoms with E-state index in [4.69, 9.17) is 0 Å². The first-order valence-corrected chi connectivity index (χ1v) is 10.5. The lowest BCUT2D eigenvalue weighted by molar-refractivity contribution is 0.102. The van der Waals surface area contributed by atoms with Gasteiger partial charge in [0.05, 0.1) is 16.3 Å². The Labute approximate surface area is 170 Å². The van der Waals surface area contributed by atoms with Crippen LogP contribution in [0.3, 0.4) is 0 Å². The van der Waals surface area contributed by atoms with E-state index in [0.717, 1.165) is 0 Å². The summed E-state index contributed by atoms with van der Waals surface area (Å²) in [4.78, 5) is 12.8. The molecular weight excluding hydrogens is 447 g/mol. The van der Waals surface area contributed by atoms with Crippen LogP contribution in [0.15, 0.2) is 70.0 Å². The van der Waals surface area contributed by atoms with Gasteiger partial charge in [-0.1, -0.05) is 34.1 Å². The number of hydrogen-bond donors (Lipinski definition) is 1. The van der Waals surface area contributed by atoms with E-state index in [9.17, 15) is 17.6 Å². The average Bonchev–Trinajstić information content (AvgIpc) is 2.68. The van der Waals surface area contributed by atoms with Crippen molar-refractivity contribution in [2.75, 3.05) is 16.7 Å². The van der Waals surface area contributed by atoms with Gasteiger partial charge in [-0.15, -0.1) is 0 Å². The van der Waals surface area contributed by atoms with Gasteiger partial charge in [0, 0.05) is 28.2 Å². The summed E-state index contributed by atoms with van der Waals surface area (Å²) in [6.45, 7) is 0. The van der Waals surface area contributed by atoms with Crippen LogP contribution in [0.25, 0.3) is 11.1 Å². The number of nitrogens with zero attached hydrogens (tertiary/aromatic N) is 1. The molecule has 0 aliphatic carbocycles. The Morgan fingerprint density at radius 1 is 1.04 bits per heavy atom. The number of fused-ring (bicyclic) bond motifs is 3. The summed E-state index contributed by atoms with van der Waals surface area (Å²) in [6, 6.07) is 15.7. The summed E-state index contributed by atoms with van der Waals surface area (Å²) >= 11 is 3.17. The molecule has 1 amide bonds. The van der Waals surface area contributed by atoms with E-state index in [1.165, 1.54) is 35.6 Å². The minimum absolute atomic E-state index is 0.0611. The lowest BCUT2D eigenvalue weighted by Crippen LogP contribution is -2.30. The summed E-state index contributed by atoms with van der Waals surface area (Å²) in [5, 5.41) is 2.55. The highest BCUT2D eigenvalue weighted by Crippen LogP contribution is 2.42. The lowest BCUT2D eigenvalue weighted by Gasteiger charge is -2.29. The Bertz CT molecular complexity index is 1230. The molecule has 3 aromatic carbocycles. The van der Waals surface area contributed by atoms with Crippen molar-refractivity contribution >= 4 is 43.2 Å². The molecule has 1 aliphatic rings. The van der Waals surface area contributed by atoms with E-state index in [1.807, 2.05) is 0 Å². The fraction of sp³-hybridized carbons (Fsp3) is 0.0500. The second-order valence-corrected chi connectivity index (χ2v) is 9.13. The number of benzene rings is 3. The highest BCUT2D eigenvalue weighted by Gasteiger charge is 2.32. The second kappa shape index (κ2) is 6.72. The number of carbonyl (C=O) groups is 1. The number of hydrogen-bond acceptors (Lipinski definition) is 3. The van der Waals surface area contributed by atoms with Gasteiger partial charge in [0.15, 0.2) is 0 Å². The van der Waals surface area contributed by atoms with E-state index in [-0.39, 0.29) is 10.6 Å². The lowest BCUT2D eigenvalue weighted by atomic mass is 10.00. The zero-order valence-electron chi connectivity index (χ0n) is 14.6. The third-order valence-corrected chi connectivity index (χ3v) is 6.92. The third-order valence-electron chi connectivity index (χ3n) is 4.59. The Morgan fingerprint density at radius 2 is 1.79 bits per heavy atom. The first kappa shape index (κ1) is 18.6. The maximum atomic E-state index is 14.0. The predicted molar refractivity (Wildman–Crippen MR) is 110 cm³/mol. The van der Waals surface area contributed by atoms with Crippen molar-refractivity contribution in [1.82, 2.24) is 0 Å². The van der Waals surface area contributed by atoms with E-state index in [1.54, 1.807) is 36.4 Å². The summed E-state index contributed by atoms with van der Waals surface area (Å²) < 4.78 is 41.2. The molecule has 0 saturated carbocycles. The summed E-state index contributed by atoms with van der Waals surface area (Å²) in [7, 11) is -2.17. The molecule has 0 fully saturated rings. The van der Waals surface area contributed by atoms with Gasteiger partial charge < -0.3 is 5.32 Å². The topological polar surface area (TPSA) is 66.5 Å². The largest absolute Gasteiger partial charge is 0.319 e. The van der Waals surface area contributed by atoms with Crippen LogP contribution < -0.4 is 9.62 Å². The molecule has 0 unspecified atom stereocenters. The fourth-order valence-electron chi connectivity index (χ4n) is 3.14. The highest BCUT2D eigenvalue weighted by molar-refractivity contribution is 9.10. The smallest absolute Gasteiger partial charge is 0.264 e. The number of sulfonamides is 1. The molecule has 1 heterocycles. The molecule has 0 spiro atoms. The van der Waals surface area contributed by atoms with Crippen LogP contribution in [0, 0.1) is 5.82 Å². The van der Waals surface area contributed by atoms with E-state index < -0.39 is 21.7 Å². The number of amides is 1. The van der Waals surface area contributed by atoms with E-state index >= 15 is 0 Å². The van der Waals surface area contributed by atoms with Crippen LogP contribution in [0.4, 0.5) is 15.8 Å². The van der Waals surface area contributed by atoms with Crippen molar-refractivity contribution in [3.05, 3.63) is 76.5 Å². The number of carbonyl (C=O) groups excluding carboxylic acids is 1. The van der Waals surface area contributed by atoms with Gasteiger partial charge in [-0.05, 0) is 42.5 Å². The molecule has 1 N–H and O–H groups in total. The fourth-order valence-corrected chi connectivity index (χ4v) is 4.90. The number of halogens is 2. The minimum Gasteiger partial charge on any atom is -0.319 e. The van der Waals surface area contributed by atoms with Crippen LogP contribution in [0.5, 0.6) is 0 Å². The van der Waals surface area contributed by atoms with Gasteiger partial charge in [-0.2, -0.15) is 0 Å². The predicted octanol–water partition coefficient (Wildman–Crippen LogP) is 4.65. The van der Waals surface area contributed by atoms with Crippen LogP contribution in [0.2, 0.25) is 0 Å². The molecule has 0 bridgehead atoms. The normalized spacial score (nSPS) is 14.2. The summed E-state index contributed by atoms with van der Waals surface area (Å²) in [6.07, 6.45) is 0. The van der Waals surface area contributed by atoms with Crippen LogP contribution in [-0.2, 0) is 10.0 Å².